The van der Waals surface area contributed by atoms with Crippen molar-refractivity contribution < 1.29 is 4.79 Å². The minimum atomic E-state index is 0.0100. The van der Waals surface area contributed by atoms with Gasteiger partial charge in [0.05, 0.1) is 11.4 Å². The molecule has 0 radical (unpaired) electrons. The Balaban J connectivity index is 3.17. The van der Waals surface area contributed by atoms with Gasteiger partial charge < -0.3 is 15.5 Å². The van der Waals surface area contributed by atoms with Gasteiger partial charge in [-0.3, -0.25) is 4.79 Å². The van der Waals surface area contributed by atoms with E-state index in [2.05, 4.69) is 25.7 Å². The van der Waals surface area contributed by atoms with E-state index in [-0.39, 0.29) is 5.91 Å². The lowest BCUT2D eigenvalue weighted by Crippen LogP contribution is -2.34. The maximum atomic E-state index is 12.2. The van der Waals surface area contributed by atoms with Gasteiger partial charge in [0, 0.05) is 32.2 Å². The molecule has 0 aliphatic carbocycles. The maximum Gasteiger partial charge on any atom is 0.253 e. The number of rotatable bonds is 7. The number of carbonyl (C=O) groups excluding carboxylic acids is 1. The normalized spacial score (nSPS) is 12.0. The number of benzene rings is 1. The molecule has 0 fully saturated rings. The molecular formula is C17H29N3O. The molecular weight excluding hydrogens is 262 g/mol. The first-order valence-corrected chi connectivity index (χ1v) is 7.80. The van der Waals surface area contributed by atoms with Crippen molar-refractivity contribution in [2.24, 2.45) is 0 Å². The fourth-order valence-corrected chi connectivity index (χ4v) is 2.31. The van der Waals surface area contributed by atoms with Crippen LogP contribution in [0.5, 0.6) is 0 Å². The third kappa shape index (κ3) is 4.38. The summed E-state index contributed by atoms with van der Waals surface area (Å²) in [5.41, 5.74) is 8.57. The molecule has 2 N–H and O–H groups in total. The van der Waals surface area contributed by atoms with Crippen LogP contribution in [0.25, 0.3) is 0 Å². The van der Waals surface area contributed by atoms with Crippen molar-refractivity contribution in [3.05, 3.63) is 23.8 Å². The summed E-state index contributed by atoms with van der Waals surface area (Å²) in [7, 11) is 3.53. The second kappa shape index (κ2) is 7.91. The highest BCUT2D eigenvalue weighted by Gasteiger charge is 2.17. The molecule has 1 aromatic carbocycles. The minimum absolute atomic E-state index is 0.0100. The van der Waals surface area contributed by atoms with E-state index >= 15 is 0 Å². The zero-order chi connectivity index (χ0) is 16.0. The van der Waals surface area contributed by atoms with Gasteiger partial charge in [0.15, 0.2) is 0 Å². The summed E-state index contributed by atoms with van der Waals surface area (Å²) in [6.45, 7) is 7.53. The third-order valence-electron chi connectivity index (χ3n) is 3.87. The Bertz CT molecular complexity index is 471. The van der Waals surface area contributed by atoms with E-state index in [1.165, 1.54) is 0 Å². The van der Waals surface area contributed by atoms with Gasteiger partial charge in [-0.2, -0.15) is 0 Å². The van der Waals surface area contributed by atoms with Crippen LogP contribution in [-0.4, -0.2) is 37.5 Å². The van der Waals surface area contributed by atoms with E-state index in [1.54, 1.807) is 25.1 Å². The van der Waals surface area contributed by atoms with Crippen molar-refractivity contribution >= 4 is 17.3 Å². The molecule has 0 aliphatic heterocycles. The molecule has 1 aromatic rings. The zero-order valence-electron chi connectivity index (χ0n) is 14.0. The lowest BCUT2D eigenvalue weighted by molar-refractivity contribution is 0.0827. The third-order valence-corrected chi connectivity index (χ3v) is 3.87. The van der Waals surface area contributed by atoms with Gasteiger partial charge >= 0.3 is 0 Å². The first kappa shape index (κ1) is 17.3. The zero-order valence-corrected chi connectivity index (χ0v) is 14.0. The maximum absolute atomic E-state index is 12.2. The second-order valence-electron chi connectivity index (χ2n) is 5.78. The summed E-state index contributed by atoms with van der Waals surface area (Å²) in [5.74, 6) is 0.0100. The smallest absolute Gasteiger partial charge is 0.253 e. The molecule has 1 atom stereocenters. The lowest BCUT2D eigenvalue weighted by Gasteiger charge is -2.32. The van der Waals surface area contributed by atoms with Gasteiger partial charge in [-0.05, 0) is 38.0 Å². The van der Waals surface area contributed by atoms with Crippen LogP contribution >= 0.6 is 0 Å². The Morgan fingerprint density at radius 2 is 1.95 bits per heavy atom. The van der Waals surface area contributed by atoms with Crippen molar-refractivity contribution in [3.8, 4) is 0 Å². The van der Waals surface area contributed by atoms with Crippen LogP contribution in [0.3, 0.4) is 0 Å². The van der Waals surface area contributed by atoms with E-state index < -0.39 is 0 Å². The molecule has 0 aliphatic rings. The van der Waals surface area contributed by atoms with E-state index in [1.807, 2.05) is 12.1 Å². The van der Waals surface area contributed by atoms with Crippen molar-refractivity contribution in [3.63, 3.8) is 0 Å². The van der Waals surface area contributed by atoms with Crippen LogP contribution in [-0.2, 0) is 0 Å². The van der Waals surface area contributed by atoms with E-state index in [4.69, 9.17) is 5.73 Å². The topological polar surface area (TPSA) is 49.6 Å². The number of unbranched alkanes of at least 4 members (excludes halogenated alkanes) is 1. The Kier molecular flexibility index (Phi) is 6.53. The highest BCUT2D eigenvalue weighted by Crippen LogP contribution is 2.28. The molecule has 0 spiro atoms. The number of nitrogens with two attached hydrogens (primary N) is 1. The monoisotopic (exact) mass is 291 g/mol. The second-order valence-corrected chi connectivity index (χ2v) is 5.78. The van der Waals surface area contributed by atoms with Crippen LogP contribution in [0.1, 0.15) is 50.4 Å². The molecule has 1 amide bonds. The Morgan fingerprint density at radius 3 is 2.48 bits per heavy atom. The number of amides is 1. The molecule has 0 bridgehead atoms. The van der Waals surface area contributed by atoms with Crippen molar-refractivity contribution in [1.29, 1.82) is 0 Å². The summed E-state index contributed by atoms with van der Waals surface area (Å²) in [4.78, 5) is 16.1. The van der Waals surface area contributed by atoms with Crippen LogP contribution in [0, 0.1) is 0 Å². The van der Waals surface area contributed by atoms with Crippen molar-refractivity contribution in [2.45, 2.75) is 46.1 Å². The number of carbonyl (C=O) groups is 1. The highest BCUT2D eigenvalue weighted by atomic mass is 16.2. The number of nitrogen functional groups attached to an aromatic ring is 1. The summed E-state index contributed by atoms with van der Waals surface area (Å²) < 4.78 is 0. The number of hydrogen-bond acceptors (Lipinski definition) is 3. The predicted molar refractivity (Wildman–Crippen MR) is 90.9 cm³/mol. The van der Waals surface area contributed by atoms with Crippen LogP contribution < -0.4 is 10.6 Å². The van der Waals surface area contributed by atoms with E-state index in [9.17, 15) is 4.79 Å². The highest BCUT2D eigenvalue weighted by molar-refractivity contribution is 5.96. The standard InChI is InChI=1S/C17H29N3O/c1-6-8-11-20(13(3)7-2)16-12-14(9-10-15(16)18)17(21)19(4)5/h9-10,12-13H,6-8,11,18H2,1-5H3. The molecule has 21 heavy (non-hydrogen) atoms. The van der Waals surface area contributed by atoms with Gasteiger partial charge in [0.2, 0.25) is 0 Å². The summed E-state index contributed by atoms with van der Waals surface area (Å²) >= 11 is 0. The lowest BCUT2D eigenvalue weighted by atomic mass is 10.1. The van der Waals surface area contributed by atoms with Gasteiger partial charge in [0.25, 0.3) is 5.91 Å². The molecule has 1 rings (SSSR count). The quantitative estimate of drug-likeness (QED) is 0.784. The summed E-state index contributed by atoms with van der Waals surface area (Å²) in [6.07, 6.45) is 3.31. The molecule has 4 heteroatoms. The predicted octanol–water partition coefficient (Wildman–Crippen LogP) is 3.38. The van der Waals surface area contributed by atoms with Gasteiger partial charge in [0.1, 0.15) is 0 Å². The summed E-state index contributed by atoms with van der Waals surface area (Å²) in [5, 5.41) is 0. The Labute approximate surface area is 128 Å². The van der Waals surface area contributed by atoms with E-state index in [0.717, 1.165) is 37.2 Å². The first-order chi connectivity index (χ1) is 9.92. The SMILES string of the molecule is CCCCN(c1cc(C(=O)N(C)C)ccc1N)C(C)CC. The largest absolute Gasteiger partial charge is 0.397 e. The first-order valence-electron chi connectivity index (χ1n) is 7.80. The molecule has 4 nitrogen and oxygen atoms in total. The average Bonchev–Trinajstić information content (AvgIpc) is 2.47. The molecule has 0 saturated carbocycles. The van der Waals surface area contributed by atoms with Gasteiger partial charge in [-0.25, -0.2) is 0 Å². The molecule has 0 aromatic heterocycles. The molecule has 1 unspecified atom stereocenters. The minimum Gasteiger partial charge on any atom is -0.397 e. The van der Waals surface area contributed by atoms with Crippen molar-refractivity contribution in [2.75, 3.05) is 31.3 Å². The van der Waals surface area contributed by atoms with Gasteiger partial charge in [-0.15, -0.1) is 0 Å². The van der Waals surface area contributed by atoms with Crippen LogP contribution in [0.15, 0.2) is 18.2 Å². The molecule has 118 valence electrons. The fraction of sp³-hybridized carbons (Fsp3) is 0.588. The average molecular weight is 291 g/mol. The number of hydrogen-bond donors (Lipinski definition) is 1. The number of nitrogens with zero attached hydrogens (tertiary/aromatic N) is 2. The summed E-state index contributed by atoms with van der Waals surface area (Å²) in [6, 6.07) is 5.98. The fourth-order valence-electron chi connectivity index (χ4n) is 2.31. The Hall–Kier alpha value is -1.71. The molecule has 0 saturated heterocycles. The number of anilines is 2. The molecule has 0 heterocycles. The van der Waals surface area contributed by atoms with E-state index in [0.29, 0.717) is 11.6 Å². The van der Waals surface area contributed by atoms with Crippen molar-refractivity contribution in [1.82, 2.24) is 4.90 Å². The Morgan fingerprint density at radius 1 is 1.29 bits per heavy atom. The van der Waals surface area contributed by atoms with Crippen LogP contribution in [0.2, 0.25) is 0 Å². The van der Waals surface area contributed by atoms with Gasteiger partial charge in [-0.1, -0.05) is 20.3 Å². The van der Waals surface area contributed by atoms with Crippen LogP contribution in [0.4, 0.5) is 11.4 Å².